The summed E-state index contributed by atoms with van der Waals surface area (Å²) in [5, 5.41) is 27.2. The molecular formula is C25H36N6O6. The molecule has 2 rings (SSSR count). The molecule has 12 heteroatoms. The Hall–Kier alpha value is -3.77. The molecule has 2 aromatic rings. The van der Waals surface area contributed by atoms with Crippen LogP contribution in [-0.2, 0) is 32.0 Å². The maximum absolute atomic E-state index is 13.3. The predicted octanol–water partition coefficient (Wildman–Crippen LogP) is -0.512. The molecule has 0 spiro atoms. The van der Waals surface area contributed by atoms with E-state index in [1.54, 1.807) is 24.3 Å². The number of H-pyrrole nitrogens is 1. The van der Waals surface area contributed by atoms with Crippen LogP contribution in [0.2, 0.25) is 0 Å². The summed E-state index contributed by atoms with van der Waals surface area (Å²) >= 11 is 0. The van der Waals surface area contributed by atoms with Gasteiger partial charge in [0, 0.05) is 24.7 Å². The summed E-state index contributed by atoms with van der Waals surface area (Å²) in [6.45, 7) is 5.01. The first-order chi connectivity index (χ1) is 17.5. The molecule has 0 aliphatic carbocycles. The van der Waals surface area contributed by atoms with Gasteiger partial charge in [0.15, 0.2) is 0 Å². The molecule has 6 atom stereocenters. The van der Waals surface area contributed by atoms with Crippen molar-refractivity contribution < 1.29 is 29.4 Å². The van der Waals surface area contributed by atoms with Gasteiger partial charge in [-0.05, 0) is 18.4 Å². The van der Waals surface area contributed by atoms with Crippen molar-refractivity contribution in [2.45, 2.75) is 70.3 Å². The largest absolute Gasteiger partial charge is 0.480 e. The average molecular weight is 517 g/mol. The second-order valence-corrected chi connectivity index (χ2v) is 9.07. The van der Waals surface area contributed by atoms with E-state index in [0.29, 0.717) is 12.1 Å². The highest BCUT2D eigenvalue weighted by Crippen LogP contribution is 2.09. The lowest BCUT2D eigenvalue weighted by molar-refractivity contribution is -0.143. The van der Waals surface area contributed by atoms with Crippen molar-refractivity contribution in [3.05, 3.63) is 54.1 Å². The number of aliphatic hydroxyl groups excluding tert-OH is 1. The first-order valence-electron chi connectivity index (χ1n) is 12.1. The maximum Gasteiger partial charge on any atom is 0.326 e. The summed E-state index contributed by atoms with van der Waals surface area (Å²) in [4.78, 5) is 57.2. The van der Waals surface area contributed by atoms with Crippen molar-refractivity contribution in [3.8, 4) is 0 Å². The highest BCUT2D eigenvalue weighted by Gasteiger charge is 2.33. The summed E-state index contributed by atoms with van der Waals surface area (Å²) in [5.41, 5.74) is 7.27. The molecule has 1 aromatic carbocycles. The fourth-order valence-electron chi connectivity index (χ4n) is 3.58. The quantitative estimate of drug-likeness (QED) is 0.174. The SMILES string of the molecule is CCC(C)C(N)C(=O)NC(Cc1ccccc1)C(=O)NC(C(=O)NC(Cc1cnc[nH]1)C(=O)O)C(C)O. The van der Waals surface area contributed by atoms with Gasteiger partial charge in [0.2, 0.25) is 17.7 Å². The maximum atomic E-state index is 13.3. The van der Waals surface area contributed by atoms with Gasteiger partial charge in [-0.3, -0.25) is 14.4 Å². The van der Waals surface area contributed by atoms with Crippen LogP contribution in [0, 0.1) is 5.92 Å². The summed E-state index contributed by atoms with van der Waals surface area (Å²) in [7, 11) is 0. The minimum atomic E-state index is -1.48. The van der Waals surface area contributed by atoms with Crippen molar-refractivity contribution in [1.82, 2.24) is 25.9 Å². The van der Waals surface area contributed by atoms with Crippen molar-refractivity contribution in [3.63, 3.8) is 0 Å². The predicted molar refractivity (Wildman–Crippen MR) is 135 cm³/mol. The van der Waals surface area contributed by atoms with Crippen LogP contribution in [0.4, 0.5) is 0 Å². The average Bonchev–Trinajstić information content (AvgIpc) is 3.38. The highest BCUT2D eigenvalue weighted by molar-refractivity contribution is 5.94. The number of hydrogen-bond acceptors (Lipinski definition) is 7. The third-order valence-corrected chi connectivity index (χ3v) is 6.13. The number of imidazole rings is 1. The number of rotatable bonds is 14. The number of benzene rings is 1. The van der Waals surface area contributed by atoms with Gasteiger partial charge in [-0.1, -0.05) is 50.6 Å². The third kappa shape index (κ3) is 8.99. The molecule has 1 aromatic heterocycles. The van der Waals surface area contributed by atoms with Crippen LogP contribution in [0.25, 0.3) is 0 Å². The van der Waals surface area contributed by atoms with Gasteiger partial charge >= 0.3 is 5.97 Å². The van der Waals surface area contributed by atoms with Crippen LogP contribution in [0.5, 0.6) is 0 Å². The zero-order valence-corrected chi connectivity index (χ0v) is 21.2. The number of aliphatic carboxylic acids is 1. The van der Waals surface area contributed by atoms with Crippen LogP contribution in [0.3, 0.4) is 0 Å². The van der Waals surface area contributed by atoms with Gasteiger partial charge < -0.3 is 36.9 Å². The Morgan fingerprint density at radius 2 is 1.62 bits per heavy atom. The van der Waals surface area contributed by atoms with Crippen LogP contribution < -0.4 is 21.7 Å². The molecule has 37 heavy (non-hydrogen) atoms. The number of carboxylic acids is 1. The minimum absolute atomic E-state index is 0.0816. The van der Waals surface area contributed by atoms with E-state index < -0.39 is 54.0 Å². The van der Waals surface area contributed by atoms with E-state index in [1.165, 1.54) is 19.4 Å². The number of nitrogens with one attached hydrogen (secondary N) is 4. The Labute approximate surface area is 215 Å². The van der Waals surface area contributed by atoms with Crippen LogP contribution in [-0.4, -0.2) is 74.1 Å². The van der Waals surface area contributed by atoms with Crippen LogP contribution in [0.1, 0.15) is 38.4 Å². The molecule has 0 aliphatic heterocycles. The highest BCUT2D eigenvalue weighted by atomic mass is 16.4. The topological polar surface area (TPSA) is 200 Å². The standard InChI is InChI=1S/C25H36N6O6/c1-4-14(2)20(26)23(34)29-18(10-16-8-6-5-7-9-16)22(33)31-21(15(3)32)24(35)30-19(25(36)37)11-17-12-27-13-28-17/h5-9,12-15,18-21,32H,4,10-11,26H2,1-3H3,(H,27,28)(H,29,34)(H,30,35)(H,31,33)(H,36,37). The van der Waals surface area contributed by atoms with Gasteiger partial charge in [0.25, 0.3) is 0 Å². The smallest absolute Gasteiger partial charge is 0.326 e. The van der Waals surface area contributed by atoms with Gasteiger partial charge in [0.05, 0.1) is 18.5 Å². The lowest BCUT2D eigenvalue weighted by Gasteiger charge is -2.27. The van der Waals surface area contributed by atoms with Crippen LogP contribution >= 0.6 is 0 Å². The Morgan fingerprint density at radius 3 is 2.16 bits per heavy atom. The number of aromatic amines is 1. The minimum Gasteiger partial charge on any atom is -0.480 e. The third-order valence-electron chi connectivity index (χ3n) is 6.13. The van der Waals surface area contributed by atoms with Gasteiger partial charge in [-0.2, -0.15) is 0 Å². The van der Waals surface area contributed by atoms with E-state index in [0.717, 1.165) is 5.56 Å². The molecule has 0 fully saturated rings. The summed E-state index contributed by atoms with van der Waals surface area (Å²) in [6.07, 6.45) is 2.14. The number of nitrogens with two attached hydrogens (primary N) is 1. The molecule has 0 bridgehead atoms. The number of nitrogens with zero attached hydrogens (tertiary/aromatic N) is 1. The number of carboxylic acid groups (broad SMARTS) is 1. The van der Waals surface area contributed by atoms with E-state index >= 15 is 0 Å². The van der Waals surface area contributed by atoms with Crippen molar-refractivity contribution in [2.24, 2.45) is 11.7 Å². The molecule has 6 unspecified atom stereocenters. The summed E-state index contributed by atoms with van der Waals surface area (Å²) < 4.78 is 0. The van der Waals surface area contributed by atoms with Crippen molar-refractivity contribution in [2.75, 3.05) is 0 Å². The molecule has 0 aliphatic rings. The fraction of sp³-hybridized carbons (Fsp3) is 0.480. The molecular weight excluding hydrogens is 480 g/mol. The fourth-order valence-corrected chi connectivity index (χ4v) is 3.58. The van der Waals surface area contributed by atoms with Crippen LogP contribution in [0.15, 0.2) is 42.9 Å². The van der Waals surface area contributed by atoms with Crippen molar-refractivity contribution in [1.29, 1.82) is 0 Å². The van der Waals surface area contributed by atoms with Crippen molar-refractivity contribution >= 4 is 23.7 Å². The first-order valence-corrected chi connectivity index (χ1v) is 12.1. The molecule has 202 valence electrons. The lowest BCUT2D eigenvalue weighted by Crippen LogP contribution is -2.60. The zero-order chi connectivity index (χ0) is 27.5. The number of carbonyl (C=O) groups is 4. The van der Waals surface area contributed by atoms with E-state index in [2.05, 4.69) is 25.9 Å². The van der Waals surface area contributed by atoms with E-state index in [-0.39, 0.29) is 18.8 Å². The monoisotopic (exact) mass is 516 g/mol. The second kappa shape index (κ2) is 14.1. The second-order valence-electron chi connectivity index (χ2n) is 9.07. The van der Waals surface area contributed by atoms with E-state index in [9.17, 15) is 29.4 Å². The molecule has 0 saturated heterocycles. The van der Waals surface area contributed by atoms with Gasteiger partial charge in [-0.15, -0.1) is 0 Å². The molecule has 0 saturated carbocycles. The Balaban J connectivity index is 2.19. The molecule has 3 amide bonds. The molecule has 12 nitrogen and oxygen atoms in total. The van der Waals surface area contributed by atoms with Gasteiger partial charge in [-0.25, -0.2) is 9.78 Å². The molecule has 1 heterocycles. The number of carbonyl (C=O) groups excluding carboxylic acids is 3. The van der Waals surface area contributed by atoms with E-state index in [1.807, 2.05) is 19.9 Å². The Bertz CT molecular complexity index is 1030. The number of hydrogen-bond donors (Lipinski definition) is 7. The molecule has 0 radical (unpaired) electrons. The number of aromatic nitrogens is 2. The normalized spacial score (nSPS) is 15.9. The first kappa shape index (κ1) is 29.5. The summed E-state index contributed by atoms with van der Waals surface area (Å²) in [5.74, 6) is -3.56. The van der Waals surface area contributed by atoms with Gasteiger partial charge in [0.1, 0.15) is 18.1 Å². The number of amides is 3. The summed E-state index contributed by atoms with van der Waals surface area (Å²) in [6, 6.07) is 4.20. The lowest BCUT2D eigenvalue weighted by atomic mass is 9.98. The Morgan fingerprint density at radius 1 is 0.973 bits per heavy atom. The number of aliphatic hydroxyl groups is 1. The van der Waals surface area contributed by atoms with E-state index in [4.69, 9.17) is 5.73 Å². The molecule has 8 N–H and O–H groups in total. The Kier molecular flexibility index (Phi) is 11.2. The zero-order valence-electron chi connectivity index (χ0n) is 21.2.